The van der Waals surface area contributed by atoms with Gasteiger partial charge in [0.25, 0.3) is 0 Å². The molecule has 3 aliphatic heterocycles. The number of hydrogen-bond donors (Lipinski definition) is 0. The fraction of sp³-hybridized carbons (Fsp3) is 0.467. The second-order valence-corrected chi connectivity index (χ2v) is 10.6. The summed E-state index contributed by atoms with van der Waals surface area (Å²) >= 11 is 0. The Morgan fingerprint density at radius 3 is 2.31 bits per heavy atom. The summed E-state index contributed by atoms with van der Waals surface area (Å²) in [5.74, 6) is 0.238. The van der Waals surface area contributed by atoms with Gasteiger partial charge in [-0.1, -0.05) is 13.8 Å². The van der Waals surface area contributed by atoms with E-state index in [0.717, 1.165) is 43.4 Å². The summed E-state index contributed by atoms with van der Waals surface area (Å²) in [5, 5.41) is 19.6. The average molecular weight is 481 g/mol. The largest absolute Gasteiger partial charge is 0.359 e. The lowest BCUT2D eigenvalue weighted by molar-refractivity contribution is -0.0193. The maximum atomic E-state index is 9.81. The zero-order chi connectivity index (χ0) is 25.6. The van der Waals surface area contributed by atoms with Gasteiger partial charge in [-0.15, -0.1) is 0 Å². The van der Waals surface area contributed by atoms with Crippen LogP contribution in [0.4, 0.5) is 5.69 Å². The molecule has 4 aliphatic rings. The first kappa shape index (κ1) is 24.1. The van der Waals surface area contributed by atoms with Crippen LogP contribution >= 0.6 is 0 Å². The minimum Gasteiger partial charge on any atom is -0.359 e. The van der Waals surface area contributed by atoms with Gasteiger partial charge in [0, 0.05) is 61.3 Å². The maximum Gasteiger partial charge on any atom is 0.111 e. The van der Waals surface area contributed by atoms with Crippen LogP contribution in [0.3, 0.4) is 0 Å². The summed E-state index contributed by atoms with van der Waals surface area (Å²) in [7, 11) is 4.28. The van der Waals surface area contributed by atoms with E-state index in [0.29, 0.717) is 5.56 Å². The van der Waals surface area contributed by atoms with Crippen molar-refractivity contribution < 1.29 is 0 Å². The van der Waals surface area contributed by atoms with Gasteiger partial charge in [0.1, 0.15) is 12.3 Å². The predicted octanol–water partition coefficient (Wildman–Crippen LogP) is 5.65. The molecule has 1 aliphatic carbocycles. The Kier molecular flexibility index (Phi) is 6.08. The number of fused-ring (bicyclic) bond motifs is 2. The molecule has 0 saturated carbocycles. The summed E-state index contributed by atoms with van der Waals surface area (Å²) in [5.41, 5.74) is 6.59. The third-order valence-electron chi connectivity index (χ3n) is 9.13. The van der Waals surface area contributed by atoms with Crippen LogP contribution in [0.5, 0.6) is 0 Å². The summed E-state index contributed by atoms with van der Waals surface area (Å²) in [6, 6.07) is 10.9. The van der Waals surface area contributed by atoms with Crippen LogP contribution in [0, 0.1) is 34.0 Å². The SMILES string of the molecule is CCC1(CC)C(Cc2cc(C#N)ccc2N2C=CN(C)C2C)C2=C(CCC(C#N)=C2)N2C=CN(C)C21. The number of hydrogen-bond acceptors (Lipinski definition) is 6. The van der Waals surface area contributed by atoms with Gasteiger partial charge in [-0.05, 0) is 80.4 Å². The van der Waals surface area contributed by atoms with Crippen LogP contribution in [0.2, 0.25) is 0 Å². The van der Waals surface area contributed by atoms with Gasteiger partial charge in [-0.2, -0.15) is 10.5 Å². The lowest BCUT2D eigenvalue weighted by Crippen LogP contribution is -2.57. The smallest absolute Gasteiger partial charge is 0.111 e. The van der Waals surface area contributed by atoms with E-state index in [2.05, 4.69) is 110 Å². The van der Waals surface area contributed by atoms with Crippen molar-refractivity contribution in [1.29, 1.82) is 10.5 Å². The summed E-state index contributed by atoms with van der Waals surface area (Å²) < 4.78 is 0. The van der Waals surface area contributed by atoms with E-state index in [-0.39, 0.29) is 23.7 Å². The second-order valence-electron chi connectivity index (χ2n) is 10.6. The van der Waals surface area contributed by atoms with Crippen molar-refractivity contribution in [2.24, 2.45) is 11.3 Å². The van der Waals surface area contributed by atoms with Crippen molar-refractivity contribution in [3.63, 3.8) is 0 Å². The third-order valence-corrected chi connectivity index (χ3v) is 9.13. The van der Waals surface area contributed by atoms with Gasteiger partial charge < -0.3 is 19.6 Å². The number of rotatable bonds is 5. The molecule has 3 heterocycles. The van der Waals surface area contributed by atoms with E-state index >= 15 is 0 Å². The summed E-state index contributed by atoms with van der Waals surface area (Å²) in [6.07, 6.45) is 15.9. The van der Waals surface area contributed by atoms with Crippen LogP contribution in [0.1, 0.15) is 57.6 Å². The van der Waals surface area contributed by atoms with Gasteiger partial charge in [-0.25, -0.2) is 0 Å². The molecule has 0 bridgehead atoms. The Balaban J connectivity index is 1.68. The first-order chi connectivity index (χ1) is 17.4. The molecular formula is C30H36N6. The maximum absolute atomic E-state index is 9.81. The van der Waals surface area contributed by atoms with Crippen molar-refractivity contribution in [3.05, 3.63) is 77.0 Å². The molecule has 3 atom stereocenters. The highest BCUT2D eigenvalue weighted by Gasteiger charge is 2.54. The Morgan fingerprint density at radius 2 is 1.67 bits per heavy atom. The quantitative estimate of drug-likeness (QED) is 0.543. The number of nitriles is 2. The van der Waals surface area contributed by atoms with Crippen molar-refractivity contribution in [1.82, 2.24) is 14.7 Å². The van der Waals surface area contributed by atoms with E-state index in [1.54, 1.807) is 0 Å². The van der Waals surface area contributed by atoms with Crippen molar-refractivity contribution in [3.8, 4) is 12.1 Å². The van der Waals surface area contributed by atoms with Crippen LogP contribution in [0.25, 0.3) is 0 Å². The van der Waals surface area contributed by atoms with E-state index in [4.69, 9.17) is 0 Å². The lowest BCUT2D eigenvalue weighted by Gasteiger charge is -2.56. The summed E-state index contributed by atoms with van der Waals surface area (Å²) in [6.45, 7) is 6.83. The Labute approximate surface area is 215 Å². The third kappa shape index (κ3) is 3.51. The van der Waals surface area contributed by atoms with Gasteiger partial charge >= 0.3 is 0 Å². The molecule has 5 rings (SSSR count). The Morgan fingerprint density at radius 1 is 0.944 bits per heavy atom. The molecule has 3 unspecified atom stereocenters. The fourth-order valence-corrected chi connectivity index (χ4v) is 6.97. The molecule has 0 N–H and O–H groups in total. The van der Waals surface area contributed by atoms with Gasteiger partial charge in [-0.3, -0.25) is 0 Å². The Hall–Kier alpha value is -3.64. The molecule has 0 saturated heterocycles. The van der Waals surface area contributed by atoms with Crippen molar-refractivity contribution in [2.75, 3.05) is 19.0 Å². The number of anilines is 1. The minimum absolute atomic E-state index is 0.00529. The van der Waals surface area contributed by atoms with E-state index in [9.17, 15) is 10.5 Å². The molecule has 6 heteroatoms. The van der Waals surface area contributed by atoms with E-state index < -0.39 is 0 Å². The molecule has 0 aromatic heterocycles. The highest BCUT2D eigenvalue weighted by Crippen LogP contribution is 2.56. The van der Waals surface area contributed by atoms with Crippen LogP contribution in [0.15, 0.2) is 65.9 Å². The van der Waals surface area contributed by atoms with E-state index in [1.807, 2.05) is 6.07 Å². The summed E-state index contributed by atoms with van der Waals surface area (Å²) in [4.78, 5) is 9.36. The Bertz CT molecular complexity index is 1250. The molecular weight excluding hydrogens is 444 g/mol. The molecule has 0 radical (unpaired) electrons. The molecule has 6 nitrogen and oxygen atoms in total. The average Bonchev–Trinajstić information content (AvgIpc) is 3.46. The normalized spacial score (nSPS) is 26.1. The fourth-order valence-electron chi connectivity index (χ4n) is 6.97. The van der Waals surface area contributed by atoms with Crippen molar-refractivity contribution >= 4 is 5.69 Å². The molecule has 36 heavy (non-hydrogen) atoms. The lowest BCUT2D eigenvalue weighted by atomic mass is 9.60. The zero-order valence-electron chi connectivity index (χ0n) is 22.1. The van der Waals surface area contributed by atoms with Crippen LogP contribution < -0.4 is 4.90 Å². The molecule has 1 aromatic rings. The van der Waals surface area contributed by atoms with Gasteiger partial charge in [0.05, 0.1) is 17.7 Å². The molecule has 0 spiro atoms. The number of benzene rings is 1. The van der Waals surface area contributed by atoms with Gasteiger partial charge in [0.15, 0.2) is 0 Å². The molecule has 1 aromatic carbocycles. The van der Waals surface area contributed by atoms with Crippen LogP contribution in [-0.4, -0.2) is 41.1 Å². The number of allylic oxidation sites excluding steroid dienone is 4. The molecule has 0 amide bonds. The minimum atomic E-state index is -0.00529. The second kappa shape index (κ2) is 9.10. The first-order valence-electron chi connectivity index (χ1n) is 13.1. The van der Waals surface area contributed by atoms with Gasteiger partial charge in [0.2, 0.25) is 0 Å². The monoisotopic (exact) mass is 480 g/mol. The molecule has 0 fully saturated rings. The predicted molar refractivity (Wildman–Crippen MR) is 143 cm³/mol. The molecule has 186 valence electrons. The zero-order valence-corrected chi connectivity index (χ0v) is 22.1. The first-order valence-corrected chi connectivity index (χ1v) is 13.1. The van der Waals surface area contributed by atoms with Crippen molar-refractivity contribution in [2.45, 2.75) is 65.2 Å². The standard InChI is InChI=1S/C30H36N6/c1-6-30(7-2)26(25-17-23(20-32)9-11-28(25)36-15-13-34(5)29(30)36)18-24-16-22(19-31)8-10-27(24)35-14-12-33(4)21(35)3/h8,10,12-17,21,26,29H,6-7,9,11,18H2,1-5H3. The number of nitrogens with zero attached hydrogens (tertiary/aromatic N) is 6. The van der Waals surface area contributed by atoms with E-state index in [1.165, 1.54) is 16.8 Å². The van der Waals surface area contributed by atoms with Crippen LogP contribution in [-0.2, 0) is 6.42 Å². The highest BCUT2D eigenvalue weighted by atomic mass is 15.4. The highest BCUT2D eigenvalue weighted by molar-refractivity contribution is 5.61. The topological polar surface area (TPSA) is 60.5 Å².